The van der Waals surface area contributed by atoms with Gasteiger partial charge in [-0.2, -0.15) is 0 Å². The second kappa shape index (κ2) is 12.6. The smallest absolute Gasteiger partial charge is 0.338 e. The SMILES string of the molecule is CCOC(=O)C1=C(C)N=c2s/c(=C\c3cc(C)n(-c4ccc(-c5ccccc5)cc4)c3C)c(=O)n2[C@H]1c1ccc(OCC)cc1. The first-order chi connectivity index (χ1) is 21.8. The van der Waals surface area contributed by atoms with Gasteiger partial charge in [0.05, 0.1) is 35.1 Å². The predicted molar refractivity (Wildman–Crippen MR) is 179 cm³/mol. The monoisotopic (exact) mass is 617 g/mol. The fraction of sp³-hybridized carbons (Fsp3) is 0.216. The normalized spacial score (nSPS) is 14.7. The quantitative estimate of drug-likeness (QED) is 0.192. The van der Waals surface area contributed by atoms with Crippen LogP contribution in [0.25, 0.3) is 22.9 Å². The molecule has 3 aromatic carbocycles. The molecular weight excluding hydrogens is 582 g/mol. The van der Waals surface area contributed by atoms with E-state index < -0.39 is 12.0 Å². The molecule has 1 aliphatic rings. The van der Waals surface area contributed by atoms with Crippen LogP contribution in [0.4, 0.5) is 0 Å². The van der Waals surface area contributed by atoms with Gasteiger partial charge in [-0.25, -0.2) is 9.79 Å². The van der Waals surface area contributed by atoms with Gasteiger partial charge >= 0.3 is 5.97 Å². The number of carbonyl (C=O) groups is 1. The van der Waals surface area contributed by atoms with E-state index >= 15 is 0 Å². The first-order valence-electron chi connectivity index (χ1n) is 15.1. The van der Waals surface area contributed by atoms with Gasteiger partial charge in [0.1, 0.15) is 5.75 Å². The third-order valence-corrected chi connectivity index (χ3v) is 9.00. The highest BCUT2D eigenvalue weighted by molar-refractivity contribution is 7.07. The van der Waals surface area contributed by atoms with E-state index in [1.807, 2.05) is 55.5 Å². The first kappa shape index (κ1) is 30.1. The summed E-state index contributed by atoms with van der Waals surface area (Å²) in [6.45, 7) is 10.4. The van der Waals surface area contributed by atoms with Gasteiger partial charge in [-0.1, -0.05) is 65.9 Å². The summed E-state index contributed by atoms with van der Waals surface area (Å²) in [4.78, 5) is 32.6. The number of nitrogens with zero attached hydrogens (tertiary/aromatic N) is 3. The van der Waals surface area contributed by atoms with Crippen molar-refractivity contribution in [3.63, 3.8) is 0 Å². The Kier molecular flexibility index (Phi) is 8.41. The van der Waals surface area contributed by atoms with Crippen molar-refractivity contribution in [2.45, 2.75) is 40.7 Å². The number of aryl methyl sites for hydroxylation is 1. The second-order valence-corrected chi connectivity index (χ2v) is 11.9. The summed E-state index contributed by atoms with van der Waals surface area (Å²) in [7, 11) is 0. The van der Waals surface area contributed by atoms with E-state index in [1.165, 1.54) is 16.9 Å². The van der Waals surface area contributed by atoms with Crippen LogP contribution in [-0.2, 0) is 9.53 Å². The Balaban J connectivity index is 1.43. The number of esters is 1. The molecule has 2 aromatic heterocycles. The molecule has 0 spiro atoms. The van der Waals surface area contributed by atoms with Crippen LogP contribution in [0.2, 0.25) is 0 Å². The van der Waals surface area contributed by atoms with Crippen LogP contribution in [0, 0.1) is 13.8 Å². The minimum absolute atomic E-state index is 0.205. The third-order valence-electron chi connectivity index (χ3n) is 8.01. The van der Waals surface area contributed by atoms with Gasteiger partial charge < -0.3 is 14.0 Å². The summed E-state index contributed by atoms with van der Waals surface area (Å²) >= 11 is 1.32. The predicted octanol–water partition coefficient (Wildman–Crippen LogP) is 6.27. The highest BCUT2D eigenvalue weighted by Crippen LogP contribution is 2.32. The molecule has 0 fully saturated rings. The molecule has 8 heteroatoms. The second-order valence-electron chi connectivity index (χ2n) is 10.9. The Morgan fingerprint density at radius 3 is 2.27 bits per heavy atom. The van der Waals surface area contributed by atoms with Crippen molar-refractivity contribution in [3.05, 3.63) is 138 Å². The number of rotatable bonds is 8. The molecule has 7 nitrogen and oxygen atoms in total. The van der Waals surface area contributed by atoms with Gasteiger partial charge in [0.25, 0.3) is 5.56 Å². The maximum absolute atomic E-state index is 14.1. The van der Waals surface area contributed by atoms with Crippen LogP contribution in [0.5, 0.6) is 5.75 Å². The number of ether oxygens (including phenoxy) is 2. The van der Waals surface area contributed by atoms with E-state index in [1.54, 1.807) is 18.4 Å². The number of thiazole rings is 1. The zero-order valence-corrected chi connectivity index (χ0v) is 26.9. The maximum Gasteiger partial charge on any atom is 0.338 e. The zero-order valence-electron chi connectivity index (χ0n) is 26.0. The molecule has 3 heterocycles. The fourth-order valence-corrected chi connectivity index (χ4v) is 6.96. The molecule has 1 aliphatic heterocycles. The molecule has 6 rings (SSSR count). The lowest BCUT2D eigenvalue weighted by molar-refractivity contribution is -0.139. The molecule has 0 amide bonds. The number of benzene rings is 3. The number of allylic oxidation sites excluding steroid dienone is 1. The molecule has 1 atom stereocenters. The molecule has 228 valence electrons. The zero-order chi connectivity index (χ0) is 31.7. The van der Waals surface area contributed by atoms with Gasteiger partial charge in [0.2, 0.25) is 0 Å². The lowest BCUT2D eigenvalue weighted by Crippen LogP contribution is -2.39. The third kappa shape index (κ3) is 5.69. The minimum Gasteiger partial charge on any atom is -0.494 e. The van der Waals surface area contributed by atoms with Crippen LogP contribution >= 0.6 is 11.3 Å². The van der Waals surface area contributed by atoms with E-state index in [-0.39, 0.29) is 12.2 Å². The number of aromatic nitrogens is 2. The van der Waals surface area contributed by atoms with Crippen molar-refractivity contribution in [1.82, 2.24) is 9.13 Å². The number of hydrogen-bond donors (Lipinski definition) is 0. The fourth-order valence-electron chi connectivity index (χ4n) is 5.93. The van der Waals surface area contributed by atoms with Crippen molar-refractivity contribution >= 4 is 23.4 Å². The maximum atomic E-state index is 14.1. The van der Waals surface area contributed by atoms with E-state index in [0.29, 0.717) is 27.2 Å². The minimum atomic E-state index is -0.673. The largest absolute Gasteiger partial charge is 0.494 e. The summed E-state index contributed by atoms with van der Waals surface area (Å²) in [5.74, 6) is 0.242. The van der Waals surface area contributed by atoms with Crippen molar-refractivity contribution in [1.29, 1.82) is 0 Å². The topological polar surface area (TPSA) is 74.8 Å². The molecule has 0 bridgehead atoms. The molecule has 0 saturated carbocycles. The van der Waals surface area contributed by atoms with Crippen molar-refractivity contribution in [3.8, 4) is 22.6 Å². The summed E-state index contributed by atoms with van der Waals surface area (Å²) < 4.78 is 15.4. The molecule has 0 aliphatic carbocycles. The van der Waals surface area contributed by atoms with Crippen LogP contribution in [0.1, 0.15) is 49.3 Å². The summed E-state index contributed by atoms with van der Waals surface area (Å²) in [5.41, 5.74) is 7.89. The average Bonchev–Trinajstić information content (AvgIpc) is 3.50. The van der Waals surface area contributed by atoms with E-state index in [9.17, 15) is 9.59 Å². The Labute approximate surface area is 266 Å². The van der Waals surface area contributed by atoms with Gasteiger partial charge in [0.15, 0.2) is 4.80 Å². The van der Waals surface area contributed by atoms with Gasteiger partial charge in [0, 0.05) is 17.1 Å². The highest BCUT2D eigenvalue weighted by atomic mass is 32.1. The Bertz CT molecular complexity index is 2080. The molecule has 5 aromatic rings. The summed E-state index contributed by atoms with van der Waals surface area (Å²) in [6, 6.07) is 27.7. The van der Waals surface area contributed by atoms with Gasteiger partial charge in [-0.15, -0.1) is 0 Å². The Hall–Kier alpha value is -4.95. The van der Waals surface area contributed by atoms with E-state index in [4.69, 9.17) is 14.5 Å². The molecule has 45 heavy (non-hydrogen) atoms. The number of hydrogen-bond acceptors (Lipinski definition) is 6. The van der Waals surface area contributed by atoms with Crippen LogP contribution in [-0.4, -0.2) is 28.3 Å². The van der Waals surface area contributed by atoms with Crippen molar-refractivity contribution < 1.29 is 14.3 Å². The highest BCUT2D eigenvalue weighted by Gasteiger charge is 2.33. The molecule has 0 unspecified atom stereocenters. The number of fused-ring (bicyclic) bond motifs is 1. The first-order valence-corrected chi connectivity index (χ1v) is 15.9. The molecular formula is C37H35N3O4S. The lowest BCUT2D eigenvalue weighted by Gasteiger charge is -2.24. The summed E-state index contributed by atoms with van der Waals surface area (Å²) in [5, 5.41) is 0. The molecule has 0 saturated heterocycles. The number of carbonyl (C=O) groups excluding carboxylic acids is 1. The Morgan fingerprint density at radius 1 is 0.911 bits per heavy atom. The van der Waals surface area contributed by atoms with E-state index in [0.717, 1.165) is 39.5 Å². The van der Waals surface area contributed by atoms with Crippen LogP contribution in [0.3, 0.4) is 0 Å². The lowest BCUT2D eigenvalue weighted by atomic mass is 9.96. The standard InChI is InChI=1S/C37H35N3O4S/c1-6-43-31-19-15-28(16-20-31)34-33(36(42)44-7-2)24(4)38-37-40(34)35(41)32(45-37)22-29-21-23(3)39(25(29)5)30-17-13-27(14-18-30)26-11-9-8-10-12-26/h8-22,34H,6-7H2,1-5H3/b32-22-/t34-/m0/s1. The van der Waals surface area contributed by atoms with Crippen LogP contribution < -0.4 is 19.6 Å². The van der Waals surface area contributed by atoms with Crippen LogP contribution in [0.15, 0.2) is 106 Å². The summed E-state index contributed by atoms with van der Waals surface area (Å²) in [6.07, 6.45) is 1.93. The molecule has 0 N–H and O–H groups in total. The van der Waals surface area contributed by atoms with E-state index in [2.05, 4.69) is 60.9 Å². The van der Waals surface area contributed by atoms with Gasteiger partial charge in [-0.05, 0) is 93.3 Å². The van der Waals surface area contributed by atoms with Crippen molar-refractivity contribution in [2.75, 3.05) is 13.2 Å². The average molecular weight is 618 g/mol. The molecule has 0 radical (unpaired) electrons. The van der Waals surface area contributed by atoms with Gasteiger partial charge in [-0.3, -0.25) is 9.36 Å². The van der Waals surface area contributed by atoms with Crippen molar-refractivity contribution in [2.24, 2.45) is 4.99 Å². The Morgan fingerprint density at radius 2 is 1.60 bits per heavy atom.